The lowest BCUT2D eigenvalue weighted by Crippen LogP contribution is -2.59. The molecular weight excluding hydrogens is 214 g/mol. The van der Waals surface area contributed by atoms with Crippen molar-refractivity contribution in [1.82, 2.24) is 5.32 Å². The molecule has 2 amide bonds. The molecule has 0 radical (unpaired) electrons. The van der Waals surface area contributed by atoms with Crippen LogP contribution in [0.25, 0.3) is 0 Å². The van der Waals surface area contributed by atoms with E-state index < -0.39 is 0 Å². The summed E-state index contributed by atoms with van der Waals surface area (Å²) >= 11 is 0. The van der Waals surface area contributed by atoms with Crippen LogP contribution in [0.3, 0.4) is 0 Å². The van der Waals surface area contributed by atoms with Gasteiger partial charge in [-0.05, 0) is 36.0 Å². The first-order chi connectivity index (χ1) is 7.85. The molecule has 0 aromatic heterocycles. The zero-order valence-corrected chi connectivity index (χ0v) is 11.2. The third-order valence-electron chi connectivity index (χ3n) is 4.66. The van der Waals surface area contributed by atoms with Crippen molar-refractivity contribution in [2.24, 2.45) is 29.1 Å². The van der Waals surface area contributed by atoms with Gasteiger partial charge in [-0.3, -0.25) is 14.9 Å². The molecule has 0 aromatic carbocycles. The quantitative estimate of drug-likeness (QED) is 0.749. The Hall–Kier alpha value is -0.860. The Morgan fingerprint density at radius 1 is 1.12 bits per heavy atom. The number of nitrogens with one attached hydrogen (secondary N) is 1. The minimum atomic E-state index is -0.0749. The van der Waals surface area contributed by atoms with Gasteiger partial charge in [0.2, 0.25) is 11.8 Å². The lowest BCUT2D eigenvalue weighted by molar-refractivity contribution is -0.156. The molecule has 1 unspecified atom stereocenters. The summed E-state index contributed by atoms with van der Waals surface area (Å²) in [7, 11) is 0. The predicted octanol–water partition coefficient (Wildman–Crippen LogP) is 2.36. The summed E-state index contributed by atoms with van der Waals surface area (Å²) in [6, 6.07) is 0. The monoisotopic (exact) mass is 237 g/mol. The highest BCUT2D eigenvalue weighted by Gasteiger charge is 2.56. The van der Waals surface area contributed by atoms with E-state index in [9.17, 15) is 9.59 Å². The second-order valence-electron chi connectivity index (χ2n) is 6.59. The fraction of sp³-hybridized carbons (Fsp3) is 0.857. The van der Waals surface area contributed by atoms with Gasteiger partial charge < -0.3 is 0 Å². The normalized spacial score (nSPS) is 37.5. The Bertz CT molecular complexity index is 340. The molecule has 3 heteroatoms. The van der Waals surface area contributed by atoms with Crippen LogP contribution in [-0.2, 0) is 9.59 Å². The molecule has 1 atom stereocenters. The van der Waals surface area contributed by atoms with Gasteiger partial charge in [0.15, 0.2) is 0 Å². The molecule has 0 bridgehead atoms. The van der Waals surface area contributed by atoms with Gasteiger partial charge in [0, 0.05) is 12.3 Å². The topological polar surface area (TPSA) is 46.2 Å². The number of imide groups is 1. The zero-order chi connectivity index (χ0) is 12.8. The summed E-state index contributed by atoms with van der Waals surface area (Å²) in [6.07, 6.45) is 2.64. The van der Waals surface area contributed by atoms with Crippen molar-refractivity contribution in [3.8, 4) is 0 Å². The van der Waals surface area contributed by atoms with Crippen molar-refractivity contribution in [3.05, 3.63) is 0 Å². The van der Waals surface area contributed by atoms with Crippen LogP contribution in [0.4, 0.5) is 0 Å². The number of carbonyl (C=O) groups is 2. The second-order valence-corrected chi connectivity index (χ2v) is 6.59. The first-order valence-electron chi connectivity index (χ1n) is 6.69. The van der Waals surface area contributed by atoms with E-state index in [2.05, 4.69) is 33.0 Å². The number of hydrogen-bond donors (Lipinski definition) is 1. The van der Waals surface area contributed by atoms with Crippen LogP contribution in [0.5, 0.6) is 0 Å². The van der Waals surface area contributed by atoms with Crippen LogP contribution in [0.1, 0.15) is 47.0 Å². The van der Waals surface area contributed by atoms with Crippen molar-refractivity contribution in [2.75, 3.05) is 0 Å². The minimum absolute atomic E-state index is 0.0233. The molecule has 0 aromatic rings. The highest BCUT2D eigenvalue weighted by molar-refractivity contribution is 6.00. The SMILES string of the molecule is CC(C)C1CC2(CC(=O)NC(=O)C2C(C)C)C1. The standard InChI is InChI=1S/C14H23NO2/c1-8(2)10-5-14(6-10)7-11(16)15-13(17)12(14)9(3)4/h8-10,12H,5-7H2,1-4H3,(H,15,16,17). The molecule has 1 saturated carbocycles. The number of hydrogen-bond acceptors (Lipinski definition) is 2. The molecule has 3 nitrogen and oxygen atoms in total. The van der Waals surface area contributed by atoms with Crippen LogP contribution in [0.15, 0.2) is 0 Å². The first kappa shape index (κ1) is 12.6. The number of piperidine rings is 1. The van der Waals surface area contributed by atoms with Gasteiger partial charge in [0.1, 0.15) is 0 Å². The van der Waals surface area contributed by atoms with Crippen LogP contribution in [0.2, 0.25) is 0 Å². The van der Waals surface area contributed by atoms with Gasteiger partial charge in [0.05, 0.1) is 0 Å². The predicted molar refractivity (Wildman–Crippen MR) is 66.1 cm³/mol. The molecule has 1 spiro atoms. The van der Waals surface area contributed by atoms with Gasteiger partial charge in [-0.1, -0.05) is 27.7 Å². The fourth-order valence-electron chi connectivity index (χ4n) is 3.83. The minimum Gasteiger partial charge on any atom is -0.296 e. The summed E-state index contributed by atoms with van der Waals surface area (Å²) in [5.74, 6) is 1.57. The Morgan fingerprint density at radius 3 is 2.18 bits per heavy atom. The maximum absolute atomic E-state index is 12.0. The average molecular weight is 237 g/mol. The van der Waals surface area contributed by atoms with Crippen molar-refractivity contribution in [1.29, 1.82) is 0 Å². The number of rotatable bonds is 2. The Morgan fingerprint density at radius 2 is 1.71 bits per heavy atom. The van der Waals surface area contributed by atoms with E-state index in [0.29, 0.717) is 24.2 Å². The van der Waals surface area contributed by atoms with E-state index in [1.165, 1.54) is 0 Å². The van der Waals surface area contributed by atoms with Crippen molar-refractivity contribution < 1.29 is 9.59 Å². The van der Waals surface area contributed by atoms with Gasteiger partial charge in [-0.25, -0.2) is 0 Å². The van der Waals surface area contributed by atoms with Crippen LogP contribution >= 0.6 is 0 Å². The Balaban J connectivity index is 2.18. The molecule has 2 fully saturated rings. The summed E-state index contributed by atoms with van der Waals surface area (Å²) in [5.41, 5.74) is -0.0253. The molecule has 17 heavy (non-hydrogen) atoms. The smallest absolute Gasteiger partial charge is 0.230 e. The average Bonchev–Trinajstić information content (AvgIpc) is 2.10. The summed E-state index contributed by atoms with van der Waals surface area (Å²) in [4.78, 5) is 23.6. The molecule has 2 rings (SSSR count). The van der Waals surface area contributed by atoms with Crippen LogP contribution in [0, 0.1) is 29.1 Å². The zero-order valence-electron chi connectivity index (χ0n) is 11.2. The molecular formula is C14H23NO2. The molecule has 1 N–H and O–H groups in total. The molecule has 1 aliphatic heterocycles. The van der Waals surface area contributed by atoms with E-state index in [1.54, 1.807) is 0 Å². The highest BCUT2D eigenvalue weighted by Crippen LogP contribution is 2.58. The third kappa shape index (κ3) is 2.00. The lowest BCUT2D eigenvalue weighted by Gasteiger charge is -2.56. The van der Waals surface area contributed by atoms with E-state index in [4.69, 9.17) is 0 Å². The maximum atomic E-state index is 12.0. The van der Waals surface area contributed by atoms with Gasteiger partial charge in [-0.2, -0.15) is 0 Å². The van der Waals surface area contributed by atoms with Gasteiger partial charge in [-0.15, -0.1) is 0 Å². The lowest BCUT2D eigenvalue weighted by atomic mass is 9.49. The first-order valence-corrected chi connectivity index (χ1v) is 6.69. The second kappa shape index (κ2) is 4.11. The Kier molecular flexibility index (Phi) is 3.04. The highest BCUT2D eigenvalue weighted by atomic mass is 16.2. The van der Waals surface area contributed by atoms with E-state index >= 15 is 0 Å². The van der Waals surface area contributed by atoms with Crippen LogP contribution < -0.4 is 5.32 Å². The van der Waals surface area contributed by atoms with Gasteiger partial charge >= 0.3 is 0 Å². The van der Waals surface area contributed by atoms with Crippen LogP contribution in [-0.4, -0.2) is 11.8 Å². The van der Waals surface area contributed by atoms with Crippen molar-refractivity contribution >= 4 is 11.8 Å². The molecule has 2 aliphatic rings. The molecule has 1 heterocycles. The summed E-state index contributed by atoms with van der Waals surface area (Å²) in [6.45, 7) is 8.63. The summed E-state index contributed by atoms with van der Waals surface area (Å²) < 4.78 is 0. The molecule has 1 aliphatic carbocycles. The molecule has 96 valence electrons. The maximum Gasteiger partial charge on any atom is 0.230 e. The van der Waals surface area contributed by atoms with E-state index in [-0.39, 0.29) is 23.1 Å². The summed E-state index contributed by atoms with van der Waals surface area (Å²) in [5, 5.41) is 2.50. The van der Waals surface area contributed by atoms with Crippen molar-refractivity contribution in [3.63, 3.8) is 0 Å². The number of amides is 2. The van der Waals surface area contributed by atoms with Crippen molar-refractivity contribution in [2.45, 2.75) is 47.0 Å². The largest absolute Gasteiger partial charge is 0.296 e. The van der Waals surface area contributed by atoms with Gasteiger partial charge in [0.25, 0.3) is 0 Å². The Labute approximate surface area is 103 Å². The molecule has 1 saturated heterocycles. The fourth-order valence-corrected chi connectivity index (χ4v) is 3.83. The third-order valence-corrected chi connectivity index (χ3v) is 4.66. The number of carbonyl (C=O) groups excluding carboxylic acids is 2. The van der Waals surface area contributed by atoms with E-state index in [1.807, 2.05) is 0 Å². The van der Waals surface area contributed by atoms with E-state index in [0.717, 1.165) is 12.8 Å².